The molecular weight excluding hydrogens is 185 g/mol. The molecule has 0 atom stereocenters. The molecule has 0 aromatic heterocycles. The van der Waals surface area contributed by atoms with Crippen molar-refractivity contribution in [1.82, 2.24) is 0 Å². The Balaban J connectivity index is 3.49. The van der Waals surface area contributed by atoms with E-state index in [-0.39, 0.29) is 5.56 Å². The molecule has 0 spiro atoms. The van der Waals surface area contributed by atoms with Crippen molar-refractivity contribution < 1.29 is 14.6 Å². The molecule has 78 valence electrons. The van der Waals surface area contributed by atoms with Gasteiger partial charge in [-0.2, -0.15) is 4.39 Å². The molecule has 0 saturated carbocycles. The van der Waals surface area contributed by atoms with Gasteiger partial charge in [-0.1, -0.05) is 0 Å². The van der Waals surface area contributed by atoms with E-state index in [0.717, 1.165) is 0 Å². The van der Waals surface area contributed by atoms with Crippen molar-refractivity contribution in [2.45, 2.75) is 26.3 Å². The highest BCUT2D eigenvalue weighted by Gasteiger charge is 2.24. The molecule has 1 aromatic rings. The summed E-state index contributed by atoms with van der Waals surface area (Å²) in [4.78, 5) is 0. The van der Waals surface area contributed by atoms with Gasteiger partial charge in [-0.05, 0) is 32.4 Å². The molecule has 4 N–H and O–H groups in total. The van der Waals surface area contributed by atoms with E-state index >= 15 is 0 Å². The van der Waals surface area contributed by atoms with E-state index in [1.807, 2.05) is 0 Å². The Kier molecular flexibility index (Phi) is 2.41. The van der Waals surface area contributed by atoms with Crippen molar-refractivity contribution in [3.63, 3.8) is 0 Å². The average Bonchev–Trinajstić information content (AvgIpc) is 2.06. The summed E-state index contributed by atoms with van der Waals surface area (Å²) < 4.78 is 13.2. The zero-order valence-electron chi connectivity index (χ0n) is 8.43. The Labute approximate surface area is 82.0 Å². The van der Waals surface area contributed by atoms with Gasteiger partial charge in [-0.3, -0.25) is 0 Å². The first-order valence-electron chi connectivity index (χ1n) is 4.25. The van der Waals surface area contributed by atoms with Crippen LogP contribution in [0.3, 0.4) is 0 Å². The van der Waals surface area contributed by atoms with Crippen molar-refractivity contribution in [1.29, 1.82) is 0 Å². The van der Waals surface area contributed by atoms with Crippen molar-refractivity contribution in [3.8, 4) is 11.5 Å². The first-order chi connectivity index (χ1) is 6.25. The SMILES string of the molecule is Cc1cc(C(C)(C)N)c(O)c(F)c1O. The maximum Gasteiger partial charge on any atom is 0.206 e. The molecule has 0 aliphatic carbocycles. The summed E-state index contributed by atoms with van der Waals surface area (Å²) in [7, 11) is 0. The molecule has 0 amide bonds. The zero-order valence-corrected chi connectivity index (χ0v) is 8.43. The fourth-order valence-corrected chi connectivity index (χ4v) is 1.25. The Morgan fingerprint density at radius 3 is 2.21 bits per heavy atom. The van der Waals surface area contributed by atoms with Crippen LogP contribution in [-0.4, -0.2) is 10.2 Å². The van der Waals surface area contributed by atoms with Crippen molar-refractivity contribution in [3.05, 3.63) is 23.0 Å². The van der Waals surface area contributed by atoms with Gasteiger partial charge in [0.05, 0.1) is 0 Å². The Morgan fingerprint density at radius 2 is 1.79 bits per heavy atom. The van der Waals surface area contributed by atoms with Crippen LogP contribution in [0.5, 0.6) is 11.5 Å². The second-order valence-corrected chi connectivity index (χ2v) is 3.97. The predicted octanol–water partition coefficient (Wildman–Crippen LogP) is 1.74. The number of hydrogen-bond acceptors (Lipinski definition) is 3. The maximum atomic E-state index is 13.2. The first-order valence-corrected chi connectivity index (χ1v) is 4.25. The van der Waals surface area contributed by atoms with E-state index in [1.165, 1.54) is 6.07 Å². The van der Waals surface area contributed by atoms with E-state index in [1.54, 1.807) is 20.8 Å². The van der Waals surface area contributed by atoms with E-state index in [2.05, 4.69) is 0 Å². The lowest BCUT2D eigenvalue weighted by molar-refractivity contribution is 0.372. The topological polar surface area (TPSA) is 66.5 Å². The number of rotatable bonds is 1. The van der Waals surface area contributed by atoms with Crippen molar-refractivity contribution >= 4 is 0 Å². The summed E-state index contributed by atoms with van der Waals surface area (Å²) in [6.45, 7) is 4.85. The van der Waals surface area contributed by atoms with E-state index in [4.69, 9.17) is 5.73 Å². The monoisotopic (exact) mass is 199 g/mol. The van der Waals surface area contributed by atoms with Crippen LogP contribution in [0.15, 0.2) is 6.07 Å². The normalized spacial score (nSPS) is 11.8. The van der Waals surface area contributed by atoms with Crippen LogP contribution in [-0.2, 0) is 5.54 Å². The number of phenols is 2. The zero-order chi connectivity index (χ0) is 11.1. The molecule has 0 saturated heterocycles. The molecule has 0 radical (unpaired) electrons. The van der Waals surface area contributed by atoms with Gasteiger partial charge in [-0.25, -0.2) is 0 Å². The third-order valence-electron chi connectivity index (χ3n) is 2.10. The summed E-state index contributed by atoms with van der Waals surface area (Å²) in [5, 5.41) is 18.6. The summed E-state index contributed by atoms with van der Waals surface area (Å²) >= 11 is 0. The largest absolute Gasteiger partial charge is 0.505 e. The van der Waals surface area contributed by atoms with Crippen LogP contribution in [0.2, 0.25) is 0 Å². The highest BCUT2D eigenvalue weighted by atomic mass is 19.1. The van der Waals surface area contributed by atoms with Gasteiger partial charge in [0.1, 0.15) is 0 Å². The minimum Gasteiger partial charge on any atom is -0.505 e. The highest BCUT2D eigenvalue weighted by Crippen LogP contribution is 2.36. The molecule has 1 rings (SSSR count). The molecule has 0 unspecified atom stereocenters. The van der Waals surface area contributed by atoms with E-state index < -0.39 is 22.9 Å². The minimum absolute atomic E-state index is 0.283. The molecule has 0 heterocycles. The lowest BCUT2D eigenvalue weighted by atomic mass is 9.92. The highest BCUT2D eigenvalue weighted by molar-refractivity contribution is 5.48. The van der Waals surface area contributed by atoms with Crippen LogP contribution < -0.4 is 5.73 Å². The molecule has 0 aliphatic rings. The van der Waals surface area contributed by atoms with Crippen molar-refractivity contribution in [2.24, 2.45) is 5.73 Å². The lowest BCUT2D eigenvalue weighted by Crippen LogP contribution is -2.29. The van der Waals surface area contributed by atoms with E-state index in [9.17, 15) is 14.6 Å². The summed E-state index contributed by atoms with van der Waals surface area (Å²) in [5.74, 6) is -2.13. The van der Waals surface area contributed by atoms with Crippen LogP contribution in [0.4, 0.5) is 4.39 Å². The van der Waals surface area contributed by atoms with Crippen LogP contribution in [0, 0.1) is 12.7 Å². The number of aromatic hydroxyl groups is 2. The third-order valence-corrected chi connectivity index (χ3v) is 2.10. The van der Waals surface area contributed by atoms with Gasteiger partial charge in [0.2, 0.25) is 5.82 Å². The number of hydrogen-bond donors (Lipinski definition) is 3. The van der Waals surface area contributed by atoms with Gasteiger partial charge in [0.15, 0.2) is 11.5 Å². The summed E-state index contributed by atoms with van der Waals surface area (Å²) in [5.41, 5.74) is 5.53. The van der Waals surface area contributed by atoms with Crippen LogP contribution in [0.1, 0.15) is 25.0 Å². The summed E-state index contributed by atoms with van der Waals surface area (Å²) in [6, 6.07) is 1.48. The third kappa shape index (κ3) is 1.65. The van der Waals surface area contributed by atoms with Gasteiger partial charge in [0.25, 0.3) is 0 Å². The Hall–Kier alpha value is -1.29. The van der Waals surface area contributed by atoms with Crippen molar-refractivity contribution in [2.75, 3.05) is 0 Å². The number of nitrogens with two attached hydrogens (primary N) is 1. The molecule has 0 bridgehead atoms. The predicted molar refractivity (Wildman–Crippen MR) is 51.7 cm³/mol. The Bertz CT molecular complexity index is 369. The molecular formula is C10H14FNO2. The second-order valence-electron chi connectivity index (χ2n) is 3.97. The van der Waals surface area contributed by atoms with Gasteiger partial charge >= 0.3 is 0 Å². The Morgan fingerprint density at radius 1 is 1.29 bits per heavy atom. The number of aryl methyl sites for hydroxylation is 1. The molecule has 0 fully saturated rings. The molecule has 14 heavy (non-hydrogen) atoms. The quantitative estimate of drug-likeness (QED) is 0.645. The minimum atomic E-state index is -1.02. The second kappa shape index (κ2) is 3.13. The molecule has 3 nitrogen and oxygen atoms in total. The van der Waals surface area contributed by atoms with E-state index in [0.29, 0.717) is 5.56 Å². The molecule has 1 aromatic carbocycles. The van der Waals surface area contributed by atoms with Gasteiger partial charge < -0.3 is 15.9 Å². The number of halogens is 1. The first kappa shape index (κ1) is 10.8. The average molecular weight is 199 g/mol. The summed E-state index contributed by atoms with van der Waals surface area (Å²) in [6.07, 6.45) is 0. The van der Waals surface area contributed by atoms with Crippen LogP contribution >= 0.6 is 0 Å². The standard InChI is InChI=1S/C10H14FNO2/c1-5-4-6(10(2,3)12)9(14)7(11)8(5)13/h4,13-14H,12H2,1-3H3. The maximum absolute atomic E-state index is 13.2. The smallest absolute Gasteiger partial charge is 0.206 e. The lowest BCUT2D eigenvalue weighted by Gasteiger charge is -2.21. The molecule has 0 aliphatic heterocycles. The molecule has 4 heteroatoms. The number of benzene rings is 1. The van der Waals surface area contributed by atoms with Gasteiger partial charge in [0, 0.05) is 11.1 Å². The van der Waals surface area contributed by atoms with Gasteiger partial charge in [-0.15, -0.1) is 0 Å². The fraction of sp³-hybridized carbons (Fsp3) is 0.400. The number of phenolic OH excluding ortho intramolecular Hbond substituents is 2. The van der Waals surface area contributed by atoms with Crippen LogP contribution in [0.25, 0.3) is 0 Å². The fourth-order valence-electron chi connectivity index (χ4n) is 1.25.